The van der Waals surface area contributed by atoms with Crippen LogP contribution in [0.4, 0.5) is 0 Å². The topological polar surface area (TPSA) is 52.7 Å². The largest absolute Gasteiger partial charge is 0.357 e. The molecule has 5 nitrogen and oxygen atoms in total. The van der Waals surface area contributed by atoms with Gasteiger partial charge < -0.3 is 15.1 Å². The van der Waals surface area contributed by atoms with Crippen molar-refractivity contribution in [2.45, 2.75) is 89.1 Å². The fraction of sp³-hybridized carbons (Fsp3) is 0.571. The predicted molar refractivity (Wildman–Crippen MR) is 152 cm³/mol. The molecule has 2 amide bonds. The average Bonchev–Trinajstić information content (AvgIpc) is 2.70. The summed E-state index contributed by atoms with van der Waals surface area (Å²) in [6.07, 6.45) is 6.88. The average molecular weight is 512 g/mol. The number of rotatable bonds is 7. The van der Waals surface area contributed by atoms with Crippen LogP contribution >= 0.6 is 0 Å². The van der Waals surface area contributed by atoms with Gasteiger partial charge in [-0.1, -0.05) is 90.4 Å². The van der Waals surface area contributed by atoms with Crippen LogP contribution in [0.1, 0.15) is 38.3 Å². The second-order valence-corrected chi connectivity index (χ2v) is 24.8. The molecular formula is C28H45N3O2Si2. The van der Waals surface area contributed by atoms with Gasteiger partial charge in [0.15, 0.2) is 0 Å². The minimum Gasteiger partial charge on any atom is -0.357 e. The molecule has 0 bridgehead atoms. The van der Waals surface area contributed by atoms with Gasteiger partial charge in [-0.3, -0.25) is 9.59 Å². The van der Waals surface area contributed by atoms with E-state index in [0.717, 1.165) is 5.56 Å². The molecule has 1 fully saturated rings. The zero-order chi connectivity index (χ0) is 26.4. The number of carbonyl (C=O) groups excluding carboxylic acids is 2. The van der Waals surface area contributed by atoms with Crippen molar-refractivity contribution in [1.29, 1.82) is 0 Å². The highest BCUT2D eigenvalue weighted by atomic mass is 28.4. The first-order chi connectivity index (χ1) is 15.9. The van der Waals surface area contributed by atoms with E-state index in [0.29, 0.717) is 30.2 Å². The second kappa shape index (κ2) is 9.39. The molecule has 2 aliphatic rings. The Morgan fingerprint density at radius 3 is 2.09 bits per heavy atom. The summed E-state index contributed by atoms with van der Waals surface area (Å²) in [6.45, 7) is 21.4. The van der Waals surface area contributed by atoms with E-state index >= 15 is 0 Å². The summed E-state index contributed by atoms with van der Waals surface area (Å²) in [6, 6.07) is 8.55. The van der Waals surface area contributed by atoms with Crippen molar-refractivity contribution < 1.29 is 9.59 Å². The Morgan fingerprint density at radius 2 is 1.63 bits per heavy atom. The van der Waals surface area contributed by atoms with Gasteiger partial charge in [0.1, 0.15) is 5.54 Å². The fourth-order valence-electron chi connectivity index (χ4n) is 5.93. The number of amides is 2. The lowest BCUT2D eigenvalue weighted by Gasteiger charge is -2.57. The number of hydrogen-bond donors (Lipinski definition) is 1. The molecular weight excluding hydrogens is 466 g/mol. The van der Waals surface area contributed by atoms with Crippen LogP contribution in [0.15, 0.2) is 48.3 Å². The van der Waals surface area contributed by atoms with Gasteiger partial charge in [0.05, 0.1) is 22.7 Å². The summed E-state index contributed by atoms with van der Waals surface area (Å²) in [7, 11) is -1.35. The van der Waals surface area contributed by atoms with Crippen molar-refractivity contribution in [3.63, 3.8) is 0 Å². The van der Waals surface area contributed by atoms with Crippen LogP contribution in [0, 0.1) is 0 Å². The smallest absolute Gasteiger partial charge is 0.250 e. The normalized spacial score (nSPS) is 21.2. The highest BCUT2D eigenvalue weighted by Crippen LogP contribution is 2.36. The Labute approximate surface area is 214 Å². The summed E-state index contributed by atoms with van der Waals surface area (Å²) in [5.74, 6) is -0.0565. The van der Waals surface area contributed by atoms with Crippen molar-refractivity contribution in [2.75, 3.05) is 13.6 Å². The molecule has 2 heterocycles. The minimum absolute atomic E-state index is 0.0718. The first-order valence-electron chi connectivity index (χ1n) is 12.8. The monoisotopic (exact) mass is 511 g/mol. The lowest BCUT2D eigenvalue weighted by Crippen LogP contribution is -2.81. The third kappa shape index (κ3) is 6.00. The molecule has 0 unspecified atom stereocenters. The van der Waals surface area contributed by atoms with Crippen molar-refractivity contribution in [1.82, 2.24) is 15.1 Å². The van der Waals surface area contributed by atoms with E-state index in [9.17, 15) is 9.59 Å². The first kappa shape index (κ1) is 27.5. The van der Waals surface area contributed by atoms with Crippen molar-refractivity contribution in [3.05, 3.63) is 59.4 Å². The van der Waals surface area contributed by atoms with Gasteiger partial charge >= 0.3 is 0 Å². The molecule has 7 heteroatoms. The van der Waals surface area contributed by atoms with Crippen LogP contribution in [0.2, 0.25) is 39.3 Å². The van der Waals surface area contributed by atoms with E-state index in [1.165, 1.54) is 5.56 Å². The number of benzene rings is 1. The Kier molecular flexibility index (Phi) is 7.37. The van der Waals surface area contributed by atoms with E-state index in [1.54, 1.807) is 0 Å². The Hall–Kier alpha value is -2.13. The third-order valence-electron chi connectivity index (χ3n) is 7.07. The van der Waals surface area contributed by atoms with Crippen LogP contribution < -0.4 is 5.32 Å². The molecule has 0 aliphatic carbocycles. The molecule has 1 saturated heterocycles. The number of nitrogens with one attached hydrogen (secondary N) is 1. The molecule has 2 aliphatic heterocycles. The van der Waals surface area contributed by atoms with Gasteiger partial charge in [-0.05, 0) is 29.2 Å². The third-order valence-corrected chi connectivity index (χ3v) is 16.2. The number of carbonyl (C=O) groups is 2. The van der Waals surface area contributed by atoms with E-state index in [-0.39, 0.29) is 17.2 Å². The Morgan fingerprint density at radius 1 is 1.06 bits per heavy atom. The van der Waals surface area contributed by atoms with Crippen LogP contribution in [-0.4, -0.2) is 62.2 Å². The summed E-state index contributed by atoms with van der Waals surface area (Å²) in [5.41, 5.74) is 2.22. The molecule has 192 valence electrons. The van der Waals surface area contributed by atoms with E-state index in [4.69, 9.17) is 0 Å². The lowest BCUT2D eigenvalue weighted by atomic mass is 9.80. The second-order valence-electron chi connectivity index (χ2n) is 13.6. The SMILES string of the molecule is CN1C=CCC(C(=O)N[C@]2(Cc3ccc(C(C)(C)C)cc3)CN(C([Si](C)(C)C)[Si](C)(C)C)C2=O)=C1. The molecule has 3 rings (SSSR count). The molecule has 1 aromatic rings. The molecule has 1 atom stereocenters. The maximum atomic E-state index is 14.0. The van der Waals surface area contributed by atoms with Gasteiger partial charge in [0.2, 0.25) is 11.8 Å². The van der Waals surface area contributed by atoms with Crippen LogP contribution in [0.5, 0.6) is 0 Å². The van der Waals surface area contributed by atoms with E-state index in [2.05, 4.69) is 94.5 Å². The van der Waals surface area contributed by atoms with Crippen LogP contribution in [0.25, 0.3) is 0 Å². The molecule has 0 radical (unpaired) electrons. The molecule has 35 heavy (non-hydrogen) atoms. The summed E-state index contributed by atoms with van der Waals surface area (Å²) < 4.78 is 0. The highest BCUT2D eigenvalue weighted by Gasteiger charge is 2.59. The molecule has 0 spiro atoms. The Bertz CT molecular complexity index is 1010. The fourth-order valence-corrected chi connectivity index (χ4v) is 18.6. The quantitative estimate of drug-likeness (QED) is 0.410. The number of hydrogen-bond acceptors (Lipinski definition) is 3. The first-order valence-corrected chi connectivity index (χ1v) is 19.9. The lowest BCUT2D eigenvalue weighted by molar-refractivity contribution is -0.155. The Balaban J connectivity index is 1.93. The van der Waals surface area contributed by atoms with Gasteiger partial charge in [-0.15, -0.1) is 0 Å². The number of nitrogens with zero attached hydrogens (tertiary/aromatic N) is 2. The molecule has 0 saturated carbocycles. The van der Waals surface area contributed by atoms with Gasteiger partial charge in [0, 0.05) is 30.5 Å². The molecule has 1 N–H and O–H groups in total. The van der Waals surface area contributed by atoms with Crippen molar-refractivity contribution >= 4 is 28.0 Å². The van der Waals surface area contributed by atoms with Gasteiger partial charge in [-0.25, -0.2) is 0 Å². The van der Waals surface area contributed by atoms with Crippen LogP contribution in [0.3, 0.4) is 0 Å². The zero-order valence-electron chi connectivity index (χ0n) is 23.5. The predicted octanol–water partition coefficient (Wildman–Crippen LogP) is 5.08. The van der Waals surface area contributed by atoms with Crippen LogP contribution in [-0.2, 0) is 21.4 Å². The maximum Gasteiger partial charge on any atom is 0.250 e. The van der Waals surface area contributed by atoms with Crippen molar-refractivity contribution in [2.24, 2.45) is 0 Å². The summed E-state index contributed by atoms with van der Waals surface area (Å²) in [5, 5.41) is 3.56. The van der Waals surface area contributed by atoms with Gasteiger partial charge in [0.25, 0.3) is 0 Å². The number of β-lactam (4-membered cyclic amide) rings is 1. The zero-order valence-corrected chi connectivity index (χ0v) is 25.5. The highest BCUT2D eigenvalue weighted by molar-refractivity contribution is 6.96. The summed E-state index contributed by atoms with van der Waals surface area (Å²) >= 11 is 0. The van der Waals surface area contributed by atoms with E-state index < -0.39 is 21.7 Å². The number of likely N-dealkylation sites (tertiary alicyclic amines) is 1. The maximum absolute atomic E-state index is 14.0. The van der Waals surface area contributed by atoms with Gasteiger partial charge in [-0.2, -0.15) is 0 Å². The standard InChI is InChI=1S/C28H45N3O2Si2/c1-27(2,3)23-15-13-21(14-16-23)18-28(29-24(32)22-12-11-17-30(4)19-22)20-31(25(28)33)26(34(5,6)7)35(8,9)10/h11,13-17,19,26H,12,18,20H2,1-10H3,(H,29,32)/t28-/m1/s1. The molecule has 0 aromatic heterocycles. The molecule has 1 aromatic carbocycles. The van der Waals surface area contributed by atoms with E-state index in [1.807, 2.05) is 30.4 Å². The summed E-state index contributed by atoms with van der Waals surface area (Å²) in [4.78, 5) is 31.4. The number of allylic oxidation sites excluding steroid dienone is 1. The minimum atomic E-state index is -1.63. The van der Waals surface area contributed by atoms with Crippen molar-refractivity contribution in [3.8, 4) is 0 Å².